The van der Waals surface area contributed by atoms with Gasteiger partial charge in [-0.05, 0) is 56.2 Å². The highest BCUT2D eigenvalue weighted by Gasteiger charge is 2.26. The van der Waals surface area contributed by atoms with Crippen molar-refractivity contribution in [3.05, 3.63) is 84.4 Å². The van der Waals surface area contributed by atoms with Gasteiger partial charge in [-0.3, -0.25) is 9.20 Å². The molecule has 0 bridgehead atoms. The van der Waals surface area contributed by atoms with Crippen LogP contribution < -0.4 is 9.80 Å². The van der Waals surface area contributed by atoms with Crippen LogP contribution in [0.3, 0.4) is 0 Å². The summed E-state index contributed by atoms with van der Waals surface area (Å²) in [5, 5.41) is 1.12. The SMILES string of the molecule is CCOC(=O)C1CCN(c2ccc(-c3cnc(N4CCOCC4)c4nc(C=Cc5ccc6ccccc6n5)cn34)cc2)CC1. The van der Waals surface area contributed by atoms with Crippen LogP contribution in [0.15, 0.2) is 73.1 Å². The summed E-state index contributed by atoms with van der Waals surface area (Å²) in [6.07, 6.45) is 9.66. The molecule has 2 aliphatic heterocycles. The molecule has 44 heavy (non-hydrogen) atoms. The number of fused-ring (bicyclic) bond motifs is 2. The molecule has 0 spiro atoms. The van der Waals surface area contributed by atoms with E-state index in [0.29, 0.717) is 19.8 Å². The van der Waals surface area contributed by atoms with Crippen LogP contribution in [0.1, 0.15) is 31.2 Å². The van der Waals surface area contributed by atoms with Crippen LogP contribution in [0.4, 0.5) is 11.5 Å². The molecule has 3 aromatic heterocycles. The zero-order valence-electron chi connectivity index (χ0n) is 24.9. The predicted octanol–water partition coefficient (Wildman–Crippen LogP) is 5.73. The van der Waals surface area contributed by atoms with Crippen molar-refractivity contribution < 1.29 is 14.3 Å². The quantitative estimate of drug-likeness (QED) is 0.223. The third-order valence-corrected chi connectivity index (χ3v) is 8.49. The Balaban J connectivity index is 1.17. The van der Waals surface area contributed by atoms with Gasteiger partial charge in [-0.25, -0.2) is 15.0 Å². The molecule has 0 aliphatic carbocycles. The summed E-state index contributed by atoms with van der Waals surface area (Å²) in [4.78, 5) is 31.5. The summed E-state index contributed by atoms with van der Waals surface area (Å²) in [6.45, 7) is 6.89. The Morgan fingerprint density at radius 2 is 1.68 bits per heavy atom. The lowest BCUT2D eigenvalue weighted by Gasteiger charge is -2.32. The predicted molar refractivity (Wildman–Crippen MR) is 174 cm³/mol. The molecular weight excluding hydrogens is 552 g/mol. The molecule has 9 heteroatoms. The Hall–Kier alpha value is -4.76. The van der Waals surface area contributed by atoms with Gasteiger partial charge in [0.15, 0.2) is 11.5 Å². The minimum absolute atomic E-state index is 0.00341. The molecule has 2 aliphatic rings. The first-order valence-corrected chi connectivity index (χ1v) is 15.4. The summed E-state index contributed by atoms with van der Waals surface area (Å²) in [7, 11) is 0. The monoisotopic (exact) mass is 588 g/mol. The Morgan fingerprint density at radius 1 is 0.909 bits per heavy atom. The van der Waals surface area contributed by atoms with E-state index < -0.39 is 0 Å². The van der Waals surface area contributed by atoms with E-state index in [9.17, 15) is 4.79 Å². The standard InChI is InChI=1S/C35H36N6O3/c1-2-44-35(42)27-15-17-39(18-16-27)30-13-8-26(9-14-30)32-23-36-33(40-19-21-43-22-20-40)34-38-29(24-41(32)34)12-11-28-10-7-25-5-3-4-6-31(25)37-28/h3-14,23-24,27H,2,15-22H2,1H3. The van der Waals surface area contributed by atoms with Gasteiger partial charge in [0.25, 0.3) is 0 Å². The molecule has 0 amide bonds. The van der Waals surface area contributed by atoms with Crippen molar-refractivity contribution in [1.29, 1.82) is 0 Å². The number of esters is 1. The van der Waals surface area contributed by atoms with E-state index in [1.165, 1.54) is 0 Å². The number of anilines is 2. The number of aromatic nitrogens is 4. The third kappa shape index (κ3) is 5.75. The van der Waals surface area contributed by atoms with E-state index in [4.69, 9.17) is 24.4 Å². The van der Waals surface area contributed by atoms with Crippen molar-refractivity contribution in [3.63, 3.8) is 0 Å². The number of nitrogens with zero attached hydrogens (tertiary/aromatic N) is 6. The van der Waals surface area contributed by atoms with Gasteiger partial charge in [0.05, 0.1) is 54.5 Å². The smallest absolute Gasteiger partial charge is 0.309 e. The highest BCUT2D eigenvalue weighted by atomic mass is 16.5. The molecule has 0 saturated carbocycles. The van der Waals surface area contributed by atoms with Gasteiger partial charge in [-0.2, -0.15) is 0 Å². The van der Waals surface area contributed by atoms with Gasteiger partial charge in [0.2, 0.25) is 0 Å². The molecule has 9 nitrogen and oxygen atoms in total. The van der Waals surface area contributed by atoms with Crippen molar-refractivity contribution in [2.45, 2.75) is 19.8 Å². The molecule has 224 valence electrons. The second-order valence-electron chi connectivity index (χ2n) is 11.2. The van der Waals surface area contributed by atoms with E-state index in [2.05, 4.69) is 56.8 Å². The van der Waals surface area contributed by atoms with Crippen molar-refractivity contribution in [1.82, 2.24) is 19.4 Å². The summed E-state index contributed by atoms with van der Waals surface area (Å²) < 4.78 is 13.0. The number of rotatable bonds is 7. The summed E-state index contributed by atoms with van der Waals surface area (Å²) in [5.41, 5.74) is 6.70. The molecule has 7 rings (SSSR count). The van der Waals surface area contributed by atoms with Crippen LogP contribution in [0, 0.1) is 5.92 Å². The summed E-state index contributed by atoms with van der Waals surface area (Å²) >= 11 is 0. The largest absolute Gasteiger partial charge is 0.466 e. The van der Waals surface area contributed by atoms with Crippen LogP contribution in [0.5, 0.6) is 0 Å². The zero-order chi connectivity index (χ0) is 29.9. The Kier molecular flexibility index (Phi) is 7.94. The average molecular weight is 589 g/mol. The Labute approximate surface area is 256 Å². The molecule has 5 aromatic rings. The van der Waals surface area contributed by atoms with E-state index >= 15 is 0 Å². The molecule has 0 unspecified atom stereocenters. The number of morpholine rings is 1. The van der Waals surface area contributed by atoms with E-state index in [0.717, 1.165) is 89.7 Å². The van der Waals surface area contributed by atoms with Crippen LogP contribution >= 0.6 is 0 Å². The fourth-order valence-corrected chi connectivity index (χ4v) is 6.10. The van der Waals surface area contributed by atoms with Crippen LogP contribution in [-0.2, 0) is 14.3 Å². The Bertz CT molecular complexity index is 1800. The maximum absolute atomic E-state index is 12.2. The number of hydrogen-bond donors (Lipinski definition) is 0. The minimum Gasteiger partial charge on any atom is -0.466 e. The lowest BCUT2D eigenvalue weighted by Crippen LogP contribution is -2.37. The first kappa shape index (κ1) is 28.0. The Morgan fingerprint density at radius 3 is 2.48 bits per heavy atom. The lowest BCUT2D eigenvalue weighted by atomic mass is 9.96. The number of pyridine rings is 1. The third-order valence-electron chi connectivity index (χ3n) is 8.49. The number of carbonyl (C=O) groups is 1. The van der Waals surface area contributed by atoms with Gasteiger partial charge < -0.3 is 19.3 Å². The molecule has 2 saturated heterocycles. The number of imidazole rings is 1. The van der Waals surface area contributed by atoms with Crippen molar-refractivity contribution in [3.8, 4) is 11.3 Å². The maximum Gasteiger partial charge on any atom is 0.309 e. The fourth-order valence-electron chi connectivity index (χ4n) is 6.10. The van der Waals surface area contributed by atoms with Crippen LogP contribution in [0.2, 0.25) is 0 Å². The van der Waals surface area contributed by atoms with Crippen LogP contribution in [-0.4, -0.2) is 71.3 Å². The molecule has 2 fully saturated rings. The first-order valence-electron chi connectivity index (χ1n) is 15.4. The average Bonchev–Trinajstić information content (AvgIpc) is 3.52. The van der Waals surface area contributed by atoms with Gasteiger partial charge in [-0.1, -0.05) is 36.4 Å². The molecule has 0 atom stereocenters. The van der Waals surface area contributed by atoms with E-state index in [-0.39, 0.29) is 11.9 Å². The number of carbonyl (C=O) groups excluding carboxylic acids is 1. The fraction of sp³-hybridized carbons (Fsp3) is 0.314. The lowest BCUT2D eigenvalue weighted by molar-refractivity contribution is -0.148. The summed E-state index contributed by atoms with van der Waals surface area (Å²) in [6, 6.07) is 20.9. The number of benzene rings is 2. The molecule has 5 heterocycles. The summed E-state index contributed by atoms with van der Waals surface area (Å²) in [5.74, 6) is 0.792. The zero-order valence-corrected chi connectivity index (χ0v) is 24.9. The van der Waals surface area contributed by atoms with Crippen molar-refractivity contribution in [2.75, 3.05) is 55.8 Å². The topological polar surface area (TPSA) is 85.1 Å². The van der Waals surface area contributed by atoms with Crippen molar-refractivity contribution in [2.24, 2.45) is 5.92 Å². The normalized spacial score (nSPS) is 16.3. The highest BCUT2D eigenvalue weighted by molar-refractivity contribution is 5.81. The molecule has 0 radical (unpaired) electrons. The molecular formula is C35H36N6O3. The van der Waals surface area contributed by atoms with Gasteiger partial charge in [0.1, 0.15) is 0 Å². The molecule has 0 N–H and O–H groups in total. The van der Waals surface area contributed by atoms with E-state index in [1.54, 1.807) is 0 Å². The maximum atomic E-state index is 12.2. The van der Waals surface area contributed by atoms with Crippen LogP contribution in [0.25, 0.3) is 40.0 Å². The number of ether oxygens (including phenoxy) is 2. The first-order chi connectivity index (χ1) is 21.7. The highest BCUT2D eigenvalue weighted by Crippen LogP contribution is 2.30. The van der Waals surface area contributed by atoms with Gasteiger partial charge >= 0.3 is 5.97 Å². The second kappa shape index (κ2) is 12.5. The molecule has 2 aromatic carbocycles. The number of hydrogen-bond acceptors (Lipinski definition) is 8. The number of para-hydroxylation sites is 1. The number of piperidine rings is 1. The second-order valence-corrected chi connectivity index (χ2v) is 11.2. The van der Waals surface area contributed by atoms with Crippen molar-refractivity contribution >= 4 is 46.2 Å². The van der Waals surface area contributed by atoms with Gasteiger partial charge in [-0.15, -0.1) is 0 Å². The van der Waals surface area contributed by atoms with E-state index in [1.807, 2.05) is 49.5 Å². The van der Waals surface area contributed by atoms with Gasteiger partial charge in [0, 0.05) is 49.0 Å². The minimum atomic E-state index is -0.0670.